The van der Waals surface area contributed by atoms with Crippen LogP contribution in [-0.4, -0.2) is 43.2 Å². The van der Waals surface area contributed by atoms with Crippen molar-refractivity contribution in [1.29, 1.82) is 0 Å². The van der Waals surface area contributed by atoms with Crippen LogP contribution in [0.25, 0.3) is 0 Å². The molecule has 0 unspecified atom stereocenters. The van der Waals surface area contributed by atoms with Crippen molar-refractivity contribution in [1.82, 2.24) is 9.88 Å². The van der Waals surface area contributed by atoms with Crippen LogP contribution in [0.5, 0.6) is 5.75 Å². The van der Waals surface area contributed by atoms with Crippen LogP contribution in [-0.2, 0) is 16.4 Å². The Kier molecular flexibility index (Phi) is 6.11. The Hall–Kier alpha value is -1.99. The lowest BCUT2D eigenvalue weighted by molar-refractivity contribution is 0.242. The fraction of sp³-hybridized carbons (Fsp3) is 0.450. The second-order valence-corrected chi connectivity index (χ2v) is 9.35. The summed E-state index contributed by atoms with van der Waals surface area (Å²) in [6.07, 6.45) is 3.18. The largest absolute Gasteiger partial charge is 0.491 e. The summed E-state index contributed by atoms with van der Waals surface area (Å²) < 4.78 is 43.9. The van der Waals surface area contributed by atoms with Gasteiger partial charge in [0.25, 0.3) is 0 Å². The quantitative estimate of drug-likeness (QED) is 0.724. The zero-order chi connectivity index (χ0) is 19.4. The first-order valence-electron chi connectivity index (χ1n) is 9.13. The summed E-state index contributed by atoms with van der Waals surface area (Å²) >= 11 is 0. The van der Waals surface area contributed by atoms with Crippen LogP contribution < -0.4 is 4.74 Å². The number of hydrogen-bond acceptors (Lipinski definition) is 5. The SMILES string of the molecule is CC(C)Oc1ccc(CN2CC[C@@H](CS(=O)(=O)c3cncc(F)c3)C2)cc1. The highest BCUT2D eigenvalue weighted by Gasteiger charge is 2.28. The van der Waals surface area contributed by atoms with E-state index in [4.69, 9.17) is 4.74 Å². The molecule has 1 aliphatic heterocycles. The van der Waals surface area contributed by atoms with E-state index in [-0.39, 0.29) is 22.7 Å². The molecule has 0 amide bonds. The minimum atomic E-state index is -3.53. The molecule has 0 N–H and O–H groups in total. The number of halogens is 1. The van der Waals surface area contributed by atoms with Crippen LogP contribution in [0.4, 0.5) is 4.39 Å². The second kappa shape index (κ2) is 8.35. The summed E-state index contributed by atoms with van der Waals surface area (Å²) in [5.41, 5.74) is 1.17. The molecule has 1 aliphatic rings. The third kappa shape index (κ3) is 5.49. The number of benzene rings is 1. The van der Waals surface area contributed by atoms with E-state index in [2.05, 4.69) is 9.88 Å². The number of likely N-dealkylation sites (tertiary alicyclic amines) is 1. The van der Waals surface area contributed by atoms with Gasteiger partial charge in [0, 0.05) is 19.3 Å². The lowest BCUT2D eigenvalue weighted by Gasteiger charge is -2.17. The Morgan fingerprint density at radius 3 is 2.67 bits per heavy atom. The highest BCUT2D eigenvalue weighted by molar-refractivity contribution is 7.91. The van der Waals surface area contributed by atoms with Gasteiger partial charge in [-0.1, -0.05) is 12.1 Å². The van der Waals surface area contributed by atoms with Gasteiger partial charge in [-0.3, -0.25) is 9.88 Å². The van der Waals surface area contributed by atoms with Gasteiger partial charge in [-0.25, -0.2) is 12.8 Å². The standard InChI is InChI=1S/C20H25FN2O3S/c1-15(2)26-19-5-3-16(4-6-19)12-23-8-7-17(13-23)14-27(24,25)20-9-18(21)10-22-11-20/h3-6,9-11,15,17H,7-8,12-14H2,1-2H3/t17-/m1/s1. The third-order valence-corrected chi connectivity index (χ3v) is 6.42. The minimum absolute atomic E-state index is 0.0236. The molecule has 5 nitrogen and oxygen atoms in total. The van der Waals surface area contributed by atoms with E-state index in [1.807, 2.05) is 38.1 Å². The van der Waals surface area contributed by atoms with Crippen molar-refractivity contribution >= 4 is 9.84 Å². The molecule has 0 saturated carbocycles. The van der Waals surface area contributed by atoms with Crippen LogP contribution in [0, 0.1) is 11.7 Å². The number of aromatic nitrogens is 1. The van der Waals surface area contributed by atoms with Gasteiger partial charge < -0.3 is 4.74 Å². The van der Waals surface area contributed by atoms with Crippen molar-refractivity contribution in [2.75, 3.05) is 18.8 Å². The summed E-state index contributed by atoms with van der Waals surface area (Å²) in [5, 5.41) is 0. The number of hydrogen-bond donors (Lipinski definition) is 0. The van der Waals surface area contributed by atoms with Gasteiger partial charge in [-0.15, -0.1) is 0 Å². The van der Waals surface area contributed by atoms with E-state index >= 15 is 0 Å². The van der Waals surface area contributed by atoms with Gasteiger partial charge in [0.1, 0.15) is 11.6 Å². The first-order chi connectivity index (χ1) is 12.8. The summed E-state index contributed by atoms with van der Waals surface area (Å²) in [6.45, 7) is 6.33. The van der Waals surface area contributed by atoms with Crippen molar-refractivity contribution in [2.45, 2.75) is 37.8 Å². The van der Waals surface area contributed by atoms with Gasteiger partial charge >= 0.3 is 0 Å². The Labute approximate surface area is 160 Å². The predicted molar refractivity (Wildman–Crippen MR) is 102 cm³/mol. The van der Waals surface area contributed by atoms with Gasteiger partial charge in [0.2, 0.25) is 0 Å². The molecule has 0 aliphatic carbocycles. The molecule has 27 heavy (non-hydrogen) atoms. The minimum Gasteiger partial charge on any atom is -0.491 e. The van der Waals surface area contributed by atoms with Crippen molar-refractivity contribution in [3.63, 3.8) is 0 Å². The number of nitrogens with zero attached hydrogens (tertiary/aromatic N) is 2. The molecule has 7 heteroatoms. The van der Waals surface area contributed by atoms with Gasteiger partial charge in [-0.2, -0.15) is 0 Å². The highest BCUT2D eigenvalue weighted by atomic mass is 32.2. The molecular weight excluding hydrogens is 367 g/mol. The first kappa shape index (κ1) is 19.8. The van der Waals surface area contributed by atoms with E-state index in [0.717, 1.165) is 37.5 Å². The first-order valence-corrected chi connectivity index (χ1v) is 10.8. The van der Waals surface area contributed by atoms with Crippen molar-refractivity contribution in [2.24, 2.45) is 5.92 Å². The average molecular weight is 392 g/mol. The maximum Gasteiger partial charge on any atom is 0.180 e. The fourth-order valence-electron chi connectivity index (χ4n) is 3.37. The molecule has 0 radical (unpaired) electrons. The molecule has 0 spiro atoms. The Morgan fingerprint density at radius 2 is 2.00 bits per heavy atom. The molecule has 1 fully saturated rings. The second-order valence-electron chi connectivity index (χ2n) is 7.32. The smallest absolute Gasteiger partial charge is 0.180 e. The number of sulfone groups is 1. The topological polar surface area (TPSA) is 59.5 Å². The molecule has 146 valence electrons. The van der Waals surface area contributed by atoms with E-state index in [1.54, 1.807) is 0 Å². The Morgan fingerprint density at radius 1 is 1.26 bits per heavy atom. The molecular formula is C20H25FN2O3S. The van der Waals surface area contributed by atoms with E-state index in [9.17, 15) is 12.8 Å². The fourth-order valence-corrected chi connectivity index (χ4v) is 4.96. The van der Waals surface area contributed by atoms with Crippen LogP contribution in [0.15, 0.2) is 47.6 Å². The normalized spacial score (nSPS) is 18.1. The number of pyridine rings is 1. The molecule has 3 rings (SSSR count). The molecule has 1 atom stereocenters. The van der Waals surface area contributed by atoms with Crippen LogP contribution in [0.2, 0.25) is 0 Å². The van der Waals surface area contributed by atoms with Crippen LogP contribution in [0.3, 0.4) is 0 Å². The monoisotopic (exact) mass is 392 g/mol. The molecule has 1 saturated heterocycles. The lowest BCUT2D eigenvalue weighted by Crippen LogP contribution is -2.23. The third-order valence-electron chi connectivity index (χ3n) is 4.57. The maximum atomic E-state index is 13.3. The summed E-state index contributed by atoms with van der Waals surface area (Å²) in [4.78, 5) is 5.86. The zero-order valence-corrected chi connectivity index (χ0v) is 16.5. The van der Waals surface area contributed by atoms with Gasteiger partial charge in [-0.05, 0) is 56.5 Å². The average Bonchev–Trinajstić information content (AvgIpc) is 3.02. The summed E-state index contributed by atoms with van der Waals surface area (Å²) in [6, 6.07) is 9.05. The van der Waals surface area contributed by atoms with Gasteiger partial charge in [0.05, 0.1) is 22.9 Å². The van der Waals surface area contributed by atoms with E-state index < -0.39 is 15.7 Å². The van der Waals surface area contributed by atoms with Crippen LogP contribution >= 0.6 is 0 Å². The highest BCUT2D eigenvalue weighted by Crippen LogP contribution is 2.24. The maximum absolute atomic E-state index is 13.3. The molecule has 1 aromatic heterocycles. The molecule has 2 heterocycles. The zero-order valence-electron chi connectivity index (χ0n) is 15.6. The molecule has 0 bridgehead atoms. The Bertz CT molecular complexity index is 869. The number of rotatable bonds is 7. The Balaban J connectivity index is 1.55. The lowest BCUT2D eigenvalue weighted by atomic mass is 10.1. The summed E-state index contributed by atoms with van der Waals surface area (Å²) in [7, 11) is -3.53. The van der Waals surface area contributed by atoms with Crippen LogP contribution in [0.1, 0.15) is 25.8 Å². The van der Waals surface area contributed by atoms with Gasteiger partial charge in [0.15, 0.2) is 9.84 Å². The molecule has 1 aromatic carbocycles. The van der Waals surface area contributed by atoms with E-state index in [1.165, 1.54) is 11.8 Å². The summed E-state index contributed by atoms with van der Waals surface area (Å²) in [5.74, 6) is 0.286. The number of ether oxygens (including phenoxy) is 1. The van der Waals surface area contributed by atoms with Crippen molar-refractivity contribution < 1.29 is 17.5 Å². The molecule has 2 aromatic rings. The van der Waals surface area contributed by atoms with Crippen molar-refractivity contribution in [3.8, 4) is 5.75 Å². The van der Waals surface area contributed by atoms with E-state index in [0.29, 0.717) is 6.54 Å². The van der Waals surface area contributed by atoms with Crippen molar-refractivity contribution in [3.05, 3.63) is 54.1 Å². The predicted octanol–water partition coefficient (Wildman–Crippen LogP) is 3.30.